The molecule has 1 N–H and O–H groups in total. The molecule has 0 atom stereocenters. The van der Waals surface area contributed by atoms with Gasteiger partial charge in [0.2, 0.25) is 0 Å². The quantitative estimate of drug-likeness (QED) is 0.889. The Kier molecular flexibility index (Phi) is 3.27. The standard InChI is InChI=1S/C12H10ClNO2/c13-11-3-1-10(2-4-11)12(15)14-7-9-5-6-16-8-9/h1-6,8H,7H2,(H,14,15). The van der Waals surface area contributed by atoms with E-state index in [0.717, 1.165) is 5.56 Å². The summed E-state index contributed by atoms with van der Waals surface area (Å²) in [5.74, 6) is -0.127. The van der Waals surface area contributed by atoms with E-state index >= 15 is 0 Å². The highest BCUT2D eigenvalue weighted by Crippen LogP contribution is 2.09. The Bertz CT molecular complexity index is 462. The van der Waals surface area contributed by atoms with E-state index in [1.165, 1.54) is 0 Å². The molecule has 0 aliphatic carbocycles. The normalized spacial score (nSPS) is 10.1. The third kappa shape index (κ3) is 2.64. The summed E-state index contributed by atoms with van der Waals surface area (Å²) in [6.07, 6.45) is 3.17. The van der Waals surface area contributed by atoms with Crippen LogP contribution in [-0.2, 0) is 6.54 Å². The first-order chi connectivity index (χ1) is 7.75. The van der Waals surface area contributed by atoms with Crippen molar-refractivity contribution in [3.8, 4) is 0 Å². The lowest BCUT2D eigenvalue weighted by atomic mass is 10.2. The Morgan fingerprint density at radius 3 is 2.62 bits per heavy atom. The Morgan fingerprint density at radius 1 is 1.25 bits per heavy atom. The summed E-state index contributed by atoms with van der Waals surface area (Å²) in [5.41, 5.74) is 1.52. The number of furan rings is 1. The maximum Gasteiger partial charge on any atom is 0.251 e. The lowest BCUT2D eigenvalue weighted by Gasteiger charge is -2.03. The number of amides is 1. The van der Waals surface area contributed by atoms with E-state index in [1.807, 2.05) is 6.07 Å². The maximum absolute atomic E-state index is 11.7. The molecule has 1 aromatic carbocycles. The lowest BCUT2D eigenvalue weighted by molar-refractivity contribution is 0.0951. The summed E-state index contributed by atoms with van der Waals surface area (Å²) in [6.45, 7) is 0.456. The van der Waals surface area contributed by atoms with Gasteiger partial charge in [0.15, 0.2) is 0 Å². The number of benzene rings is 1. The Hall–Kier alpha value is -1.74. The van der Waals surface area contributed by atoms with Crippen LogP contribution in [0, 0.1) is 0 Å². The highest BCUT2D eigenvalue weighted by Gasteiger charge is 2.04. The first-order valence-electron chi connectivity index (χ1n) is 4.80. The molecule has 1 amide bonds. The minimum absolute atomic E-state index is 0.127. The van der Waals surface area contributed by atoms with Crippen LogP contribution in [0.4, 0.5) is 0 Å². The molecule has 16 heavy (non-hydrogen) atoms. The number of carbonyl (C=O) groups is 1. The van der Waals surface area contributed by atoms with Gasteiger partial charge in [0.25, 0.3) is 5.91 Å². The fourth-order valence-corrected chi connectivity index (χ4v) is 1.40. The van der Waals surface area contributed by atoms with Crippen molar-refractivity contribution in [1.82, 2.24) is 5.32 Å². The van der Waals surface area contributed by atoms with Gasteiger partial charge in [-0.15, -0.1) is 0 Å². The molecule has 2 rings (SSSR count). The van der Waals surface area contributed by atoms with Crippen LogP contribution in [0.1, 0.15) is 15.9 Å². The van der Waals surface area contributed by atoms with E-state index in [-0.39, 0.29) is 5.91 Å². The summed E-state index contributed by atoms with van der Waals surface area (Å²) in [5, 5.41) is 3.40. The minimum atomic E-state index is -0.127. The van der Waals surface area contributed by atoms with Gasteiger partial charge in [0, 0.05) is 22.7 Å². The molecule has 0 unspecified atom stereocenters. The summed E-state index contributed by atoms with van der Waals surface area (Å²) < 4.78 is 4.90. The van der Waals surface area contributed by atoms with Crippen molar-refractivity contribution in [3.63, 3.8) is 0 Å². The molecule has 0 saturated heterocycles. The largest absolute Gasteiger partial charge is 0.472 e. The highest BCUT2D eigenvalue weighted by atomic mass is 35.5. The van der Waals surface area contributed by atoms with Crippen molar-refractivity contribution in [3.05, 3.63) is 59.0 Å². The molecule has 0 fully saturated rings. The topological polar surface area (TPSA) is 42.2 Å². The molecular weight excluding hydrogens is 226 g/mol. The zero-order chi connectivity index (χ0) is 11.4. The maximum atomic E-state index is 11.7. The van der Waals surface area contributed by atoms with E-state index in [4.69, 9.17) is 16.0 Å². The number of nitrogens with one attached hydrogen (secondary N) is 1. The summed E-state index contributed by atoms with van der Waals surface area (Å²) in [7, 11) is 0. The summed E-state index contributed by atoms with van der Waals surface area (Å²) >= 11 is 5.73. The molecule has 1 aromatic heterocycles. The number of hydrogen-bond donors (Lipinski definition) is 1. The van der Waals surface area contributed by atoms with Gasteiger partial charge in [-0.3, -0.25) is 4.79 Å². The van der Waals surface area contributed by atoms with E-state index in [2.05, 4.69) is 5.32 Å². The van der Waals surface area contributed by atoms with Gasteiger partial charge in [0.1, 0.15) is 0 Å². The van der Waals surface area contributed by atoms with Gasteiger partial charge in [-0.25, -0.2) is 0 Å². The average Bonchev–Trinajstić information content (AvgIpc) is 2.80. The van der Waals surface area contributed by atoms with E-state index in [0.29, 0.717) is 17.1 Å². The molecule has 0 spiro atoms. The third-order valence-corrected chi connectivity index (χ3v) is 2.39. The predicted molar refractivity (Wildman–Crippen MR) is 61.3 cm³/mol. The van der Waals surface area contributed by atoms with Crippen molar-refractivity contribution >= 4 is 17.5 Å². The van der Waals surface area contributed by atoms with Crippen molar-refractivity contribution in [2.75, 3.05) is 0 Å². The van der Waals surface area contributed by atoms with Crippen molar-refractivity contribution in [2.45, 2.75) is 6.54 Å². The zero-order valence-electron chi connectivity index (χ0n) is 8.44. The summed E-state index contributed by atoms with van der Waals surface area (Å²) in [6, 6.07) is 8.56. The van der Waals surface area contributed by atoms with Crippen LogP contribution in [0.3, 0.4) is 0 Å². The Morgan fingerprint density at radius 2 is 2.00 bits per heavy atom. The van der Waals surface area contributed by atoms with Crippen LogP contribution >= 0.6 is 11.6 Å². The van der Waals surface area contributed by atoms with Crippen LogP contribution < -0.4 is 5.32 Å². The molecule has 2 aromatic rings. The van der Waals surface area contributed by atoms with Gasteiger partial charge in [0.05, 0.1) is 12.5 Å². The van der Waals surface area contributed by atoms with Gasteiger partial charge < -0.3 is 9.73 Å². The van der Waals surface area contributed by atoms with Crippen LogP contribution in [0.15, 0.2) is 47.3 Å². The number of hydrogen-bond acceptors (Lipinski definition) is 2. The predicted octanol–water partition coefficient (Wildman–Crippen LogP) is 2.86. The molecule has 1 heterocycles. The second kappa shape index (κ2) is 4.86. The van der Waals surface area contributed by atoms with Crippen molar-refractivity contribution in [1.29, 1.82) is 0 Å². The highest BCUT2D eigenvalue weighted by molar-refractivity contribution is 6.30. The number of rotatable bonds is 3. The summed E-state index contributed by atoms with van der Waals surface area (Å²) in [4.78, 5) is 11.7. The monoisotopic (exact) mass is 235 g/mol. The second-order valence-corrected chi connectivity index (χ2v) is 3.76. The fraction of sp³-hybridized carbons (Fsp3) is 0.0833. The van der Waals surface area contributed by atoms with Gasteiger partial charge in [-0.2, -0.15) is 0 Å². The van der Waals surface area contributed by atoms with E-state index < -0.39 is 0 Å². The molecule has 0 saturated carbocycles. The Labute approximate surface area is 98.0 Å². The van der Waals surface area contributed by atoms with E-state index in [9.17, 15) is 4.79 Å². The molecule has 0 aliphatic heterocycles. The molecular formula is C12H10ClNO2. The van der Waals surface area contributed by atoms with E-state index in [1.54, 1.807) is 36.8 Å². The third-order valence-electron chi connectivity index (χ3n) is 2.14. The Balaban J connectivity index is 1.95. The van der Waals surface area contributed by atoms with Crippen LogP contribution in [0.2, 0.25) is 5.02 Å². The zero-order valence-corrected chi connectivity index (χ0v) is 9.20. The first kappa shape index (κ1) is 10.8. The van der Waals surface area contributed by atoms with Gasteiger partial charge in [-0.05, 0) is 30.3 Å². The lowest BCUT2D eigenvalue weighted by Crippen LogP contribution is -2.22. The number of carbonyl (C=O) groups excluding carboxylic acids is 1. The fourth-order valence-electron chi connectivity index (χ4n) is 1.28. The molecule has 0 bridgehead atoms. The second-order valence-electron chi connectivity index (χ2n) is 3.32. The van der Waals surface area contributed by atoms with Crippen LogP contribution in [0.25, 0.3) is 0 Å². The van der Waals surface area contributed by atoms with Crippen LogP contribution in [-0.4, -0.2) is 5.91 Å². The van der Waals surface area contributed by atoms with Crippen LogP contribution in [0.5, 0.6) is 0 Å². The SMILES string of the molecule is O=C(NCc1ccoc1)c1ccc(Cl)cc1. The van der Waals surface area contributed by atoms with Gasteiger partial charge >= 0.3 is 0 Å². The number of halogens is 1. The molecule has 3 nitrogen and oxygen atoms in total. The molecule has 0 radical (unpaired) electrons. The molecule has 4 heteroatoms. The smallest absolute Gasteiger partial charge is 0.251 e. The van der Waals surface area contributed by atoms with Gasteiger partial charge in [-0.1, -0.05) is 11.6 Å². The molecule has 82 valence electrons. The average molecular weight is 236 g/mol. The van der Waals surface area contributed by atoms with Crippen molar-refractivity contribution < 1.29 is 9.21 Å². The first-order valence-corrected chi connectivity index (χ1v) is 5.18. The van der Waals surface area contributed by atoms with Crippen molar-refractivity contribution in [2.24, 2.45) is 0 Å². The molecule has 0 aliphatic rings. The minimum Gasteiger partial charge on any atom is -0.472 e.